The molecule has 0 unspecified atom stereocenters. The summed E-state index contributed by atoms with van der Waals surface area (Å²) < 4.78 is 5.03. The number of carboxylic acids is 2. The Morgan fingerprint density at radius 1 is 1.19 bits per heavy atom. The average Bonchev–Trinajstić information content (AvgIpc) is 2.14. The number of carbonyl (C=O) groups is 2. The zero-order valence-electron chi connectivity index (χ0n) is 9.82. The molecule has 5 heteroatoms. The third-order valence-corrected chi connectivity index (χ3v) is 1.99. The van der Waals surface area contributed by atoms with E-state index in [0.29, 0.717) is 6.42 Å². The maximum Gasteiger partial charge on any atom is 0.371 e. The van der Waals surface area contributed by atoms with Gasteiger partial charge < -0.3 is 14.9 Å². The third-order valence-electron chi connectivity index (χ3n) is 1.99. The van der Waals surface area contributed by atoms with E-state index in [0.717, 1.165) is 6.42 Å². The molecule has 0 aromatic rings. The van der Waals surface area contributed by atoms with Crippen LogP contribution in [0.1, 0.15) is 33.6 Å². The highest BCUT2D eigenvalue weighted by molar-refractivity contribution is 5.97. The van der Waals surface area contributed by atoms with E-state index in [9.17, 15) is 9.59 Å². The summed E-state index contributed by atoms with van der Waals surface area (Å²) >= 11 is 0. The summed E-state index contributed by atoms with van der Waals surface area (Å²) in [6.07, 6.45) is 1.55. The first kappa shape index (κ1) is 14.5. The van der Waals surface area contributed by atoms with Crippen LogP contribution >= 0.6 is 0 Å². The Labute approximate surface area is 94.7 Å². The minimum atomic E-state index is -1.33. The number of hydrogen-bond donors (Lipinski definition) is 2. The van der Waals surface area contributed by atoms with Crippen LogP contribution in [0.2, 0.25) is 0 Å². The van der Waals surface area contributed by atoms with Crippen molar-refractivity contribution >= 4 is 11.9 Å². The number of hydrogen-bond acceptors (Lipinski definition) is 3. The summed E-state index contributed by atoms with van der Waals surface area (Å²) in [7, 11) is 0. The van der Waals surface area contributed by atoms with Crippen molar-refractivity contribution in [2.75, 3.05) is 6.61 Å². The van der Waals surface area contributed by atoms with Gasteiger partial charge in [-0.25, -0.2) is 9.59 Å². The van der Waals surface area contributed by atoms with E-state index >= 15 is 0 Å². The van der Waals surface area contributed by atoms with E-state index in [1.165, 1.54) is 0 Å². The number of ether oxygens (including phenoxy) is 1. The van der Waals surface area contributed by atoms with Crippen LogP contribution in [0.5, 0.6) is 0 Å². The molecule has 0 saturated heterocycles. The van der Waals surface area contributed by atoms with Crippen molar-refractivity contribution in [1.29, 1.82) is 0 Å². The standard InChI is InChI=1S/C11H18O5/c1-4-5-6-16-9(11(14)15)8(7(2)3)10(12)13/h7H,4-6H2,1-3H3,(H,12,13)(H,14,15)/b9-8+. The molecule has 16 heavy (non-hydrogen) atoms. The summed E-state index contributed by atoms with van der Waals surface area (Å²) in [4.78, 5) is 21.8. The van der Waals surface area contributed by atoms with Crippen LogP contribution in [0.15, 0.2) is 11.3 Å². The fourth-order valence-electron chi connectivity index (χ4n) is 1.18. The predicted molar refractivity (Wildman–Crippen MR) is 58.0 cm³/mol. The molecule has 0 aliphatic heterocycles. The molecule has 0 bridgehead atoms. The molecule has 0 aliphatic rings. The second kappa shape index (κ2) is 6.87. The molecule has 0 aromatic carbocycles. The highest BCUT2D eigenvalue weighted by atomic mass is 16.5. The molecule has 0 radical (unpaired) electrons. The largest absolute Gasteiger partial charge is 0.486 e. The van der Waals surface area contributed by atoms with E-state index in [4.69, 9.17) is 14.9 Å². The summed E-state index contributed by atoms with van der Waals surface area (Å²) in [6.45, 7) is 5.40. The van der Waals surface area contributed by atoms with Gasteiger partial charge in [-0.3, -0.25) is 0 Å². The highest BCUT2D eigenvalue weighted by Crippen LogP contribution is 2.17. The normalized spacial score (nSPS) is 12.2. The van der Waals surface area contributed by atoms with Gasteiger partial charge in [0.05, 0.1) is 12.2 Å². The first-order chi connectivity index (χ1) is 7.41. The molecule has 2 N–H and O–H groups in total. The zero-order valence-corrected chi connectivity index (χ0v) is 9.82. The van der Waals surface area contributed by atoms with E-state index in [1.54, 1.807) is 13.8 Å². The lowest BCUT2D eigenvalue weighted by Crippen LogP contribution is -2.18. The fourth-order valence-corrected chi connectivity index (χ4v) is 1.18. The second-order valence-corrected chi connectivity index (χ2v) is 3.71. The first-order valence-corrected chi connectivity index (χ1v) is 5.25. The maximum atomic E-state index is 10.9. The molecule has 0 aromatic heterocycles. The quantitative estimate of drug-likeness (QED) is 0.396. The van der Waals surface area contributed by atoms with Crippen molar-refractivity contribution in [3.05, 3.63) is 11.3 Å². The molecule has 0 saturated carbocycles. The van der Waals surface area contributed by atoms with Gasteiger partial charge in [-0.15, -0.1) is 0 Å². The molecule has 0 spiro atoms. The summed E-state index contributed by atoms with van der Waals surface area (Å²) in [5.74, 6) is -3.42. The molecular weight excluding hydrogens is 212 g/mol. The molecule has 0 heterocycles. The van der Waals surface area contributed by atoms with Crippen LogP contribution in [0.4, 0.5) is 0 Å². The van der Waals surface area contributed by atoms with Crippen LogP contribution in [0.3, 0.4) is 0 Å². The number of carboxylic acid groups (broad SMARTS) is 2. The van der Waals surface area contributed by atoms with E-state index < -0.39 is 23.6 Å². The Bertz CT molecular complexity index is 291. The van der Waals surface area contributed by atoms with Gasteiger partial charge in [-0.05, 0) is 12.3 Å². The Morgan fingerprint density at radius 2 is 1.75 bits per heavy atom. The Kier molecular flexibility index (Phi) is 6.22. The summed E-state index contributed by atoms with van der Waals surface area (Å²) in [5.41, 5.74) is -0.191. The molecular formula is C11H18O5. The lowest BCUT2D eigenvalue weighted by Gasteiger charge is -2.12. The van der Waals surface area contributed by atoms with E-state index in [2.05, 4.69) is 0 Å². The summed E-state index contributed by atoms with van der Waals surface area (Å²) in [5, 5.41) is 17.8. The molecule has 0 rings (SSSR count). The van der Waals surface area contributed by atoms with Gasteiger partial charge in [-0.1, -0.05) is 27.2 Å². The minimum Gasteiger partial charge on any atom is -0.486 e. The monoisotopic (exact) mass is 230 g/mol. The molecule has 0 atom stereocenters. The van der Waals surface area contributed by atoms with Gasteiger partial charge in [0.15, 0.2) is 0 Å². The summed E-state index contributed by atoms with van der Waals surface area (Å²) in [6, 6.07) is 0. The molecule has 92 valence electrons. The number of aliphatic carboxylic acids is 2. The molecule has 0 amide bonds. The van der Waals surface area contributed by atoms with Crippen molar-refractivity contribution in [2.45, 2.75) is 33.6 Å². The van der Waals surface area contributed by atoms with Crippen molar-refractivity contribution in [2.24, 2.45) is 5.92 Å². The lowest BCUT2D eigenvalue weighted by atomic mass is 10.0. The Balaban J connectivity index is 5.01. The lowest BCUT2D eigenvalue weighted by molar-refractivity contribution is -0.139. The van der Waals surface area contributed by atoms with Crippen LogP contribution in [0, 0.1) is 5.92 Å². The third kappa shape index (κ3) is 4.33. The Hall–Kier alpha value is -1.52. The average molecular weight is 230 g/mol. The highest BCUT2D eigenvalue weighted by Gasteiger charge is 2.24. The van der Waals surface area contributed by atoms with Crippen LogP contribution in [0.25, 0.3) is 0 Å². The van der Waals surface area contributed by atoms with Crippen molar-refractivity contribution in [3.63, 3.8) is 0 Å². The van der Waals surface area contributed by atoms with E-state index in [-0.39, 0.29) is 12.2 Å². The zero-order chi connectivity index (χ0) is 12.7. The number of unbranched alkanes of at least 4 members (excludes halogenated alkanes) is 1. The Morgan fingerprint density at radius 3 is 2.06 bits per heavy atom. The molecule has 0 fully saturated rings. The molecule has 0 aliphatic carbocycles. The van der Waals surface area contributed by atoms with E-state index in [1.807, 2.05) is 6.92 Å². The van der Waals surface area contributed by atoms with Crippen molar-refractivity contribution in [3.8, 4) is 0 Å². The van der Waals surface area contributed by atoms with Gasteiger partial charge in [0.1, 0.15) is 0 Å². The van der Waals surface area contributed by atoms with Gasteiger partial charge >= 0.3 is 11.9 Å². The predicted octanol–water partition coefficient (Wildman–Crippen LogP) is 1.88. The SMILES string of the molecule is CCCCO/C(C(=O)O)=C(/C(=O)O)C(C)C. The first-order valence-electron chi connectivity index (χ1n) is 5.25. The van der Waals surface area contributed by atoms with Crippen molar-refractivity contribution in [1.82, 2.24) is 0 Å². The van der Waals surface area contributed by atoms with Crippen LogP contribution in [-0.2, 0) is 14.3 Å². The fraction of sp³-hybridized carbons (Fsp3) is 0.636. The smallest absolute Gasteiger partial charge is 0.371 e. The van der Waals surface area contributed by atoms with Gasteiger partial charge in [0.2, 0.25) is 5.76 Å². The minimum absolute atomic E-state index is 0.191. The van der Waals surface area contributed by atoms with Crippen molar-refractivity contribution < 1.29 is 24.5 Å². The van der Waals surface area contributed by atoms with Gasteiger partial charge in [-0.2, -0.15) is 0 Å². The second-order valence-electron chi connectivity index (χ2n) is 3.71. The maximum absolute atomic E-state index is 10.9. The molecule has 5 nitrogen and oxygen atoms in total. The topological polar surface area (TPSA) is 83.8 Å². The van der Waals surface area contributed by atoms with Gasteiger partial charge in [0, 0.05) is 0 Å². The number of rotatable bonds is 7. The van der Waals surface area contributed by atoms with Gasteiger partial charge in [0.25, 0.3) is 0 Å². The van der Waals surface area contributed by atoms with Crippen LogP contribution < -0.4 is 0 Å². The van der Waals surface area contributed by atoms with Crippen LogP contribution in [-0.4, -0.2) is 28.8 Å².